The van der Waals surface area contributed by atoms with Gasteiger partial charge in [-0.25, -0.2) is 0 Å². The Bertz CT molecular complexity index is 2680. The molecule has 1 N–H and O–H groups in total. The lowest BCUT2D eigenvalue weighted by atomic mass is 10.0. The van der Waals surface area contributed by atoms with Crippen LogP contribution in [-0.2, 0) is 0 Å². The highest BCUT2D eigenvalue weighted by Crippen LogP contribution is 2.38. The maximum Gasteiger partial charge on any atom is 0.277 e. The van der Waals surface area contributed by atoms with E-state index in [0.29, 0.717) is 5.56 Å². The van der Waals surface area contributed by atoms with Gasteiger partial charge in [0, 0.05) is 42.8 Å². The molecule has 53 heavy (non-hydrogen) atoms. The minimum atomic E-state index is -0.446. The lowest BCUT2D eigenvalue weighted by Gasteiger charge is -2.18. The van der Waals surface area contributed by atoms with Gasteiger partial charge in [0.1, 0.15) is 0 Å². The van der Waals surface area contributed by atoms with Gasteiger partial charge in [0.15, 0.2) is 0 Å². The maximum absolute atomic E-state index is 11.1. The topological polar surface area (TPSA) is 58.9 Å². The zero-order chi connectivity index (χ0) is 36.0. The molecule has 0 bridgehead atoms. The number of aromatic nitrogens is 1. The number of H-pyrrole nitrogens is 1. The van der Waals surface area contributed by atoms with E-state index >= 15 is 0 Å². The van der Waals surface area contributed by atoms with E-state index < -0.39 is 7.92 Å². The fraction of sp³-hybridized carbons (Fsp3) is 0. The summed E-state index contributed by atoms with van der Waals surface area (Å²) in [5.41, 5.74) is 4.21. The molecule has 0 aliphatic rings. The molecule has 0 unspecified atom stereocenters. The van der Waals surface area contributed by atoms with Gasteiger partial charge < -0.3 is 4.98 Å². The number of thiophene rings is 2. The average Bonchev–Trinajstić information content (AvgIpc) is 3.98. The fourth-order valence-corrected chi connectivity index (χ4v) is 10.8. The van der Waals surface area contributed by atoms with Gasteiger partial charge in [-0.05, 0) is 75.7 Å². The zero-order valence-corrected chi connectivity index (χ0v) is 31.0. The molecule has 0 spiro atoms. The molecule has 7 aromatic carbocycles. The van der Waals surface area contributed by atoms with Crippen molar-refractivity contribution in [3.63, 3.8) is 0 Å². The number of benzene rings is 7. The molecule has 0 atom stereocenters. The Hall–Kier alpha value is -5.91. The van der Waals surface area contributed by atoms with Crippen LogP contribution in [0.1, 0.15) is 0 Å². The van der Waals surface area contributed by atoms with Crippen LogP contribution in [0, 0.1) is 10.1 Å². The summed E-state index contributed by atoms with van der Waals surface area (Å²) < 4.78 is 2.47. The molecular weight excluding hydrogens is 708 g/mol. The van der Waals surface area contributed by atoms with E-state index in [1.54, 1.807) is 29.5 Å². The van der Waals surface area contributed by atoms with Gasteiger partial charge in [-0.1, -0.05) is 146 Å². The number of hydrogen-bond donors (Lipinski definition) is 1. The van der Waals surface area contributed by atoms with Crippen molar-refractivity contribution in [3.8, 4) is 11.1 Å². The van der Waals surface area contributed by atoms with Crippen LogP contribution in [0.3, 0.4) is 0 Å². The maximum atomic E-state index is 11.1. The Morgan fingerprint density at radius 1 is 0.472 bits per heavy atom. The second-order valence-corrected chi connectivity index (χ2v) is 16.3. The molecule has 0 fully saturated rings. The average molecular weight is 741 g/mol. The highest BCUT2D eigenvalue weighted by Gasteiger charge is 2.17. The molecule has 0 saturated heterocycles. The third kappa shape index (κ3) is 7.26. The third-order valence-electron chi connectivity index (χ3n) is 9.00. The molecule has 4 nitrogen and oxygen atoms in total. The largest absolute Gasteiger partial charge is 0.354 e. The first-order chi connectivity index (χ1) is 26.2. The van der Waals surface area contributed by atoms with Crippen LogP contribution in [-0.4, -0.2) is 9.91 Å². The SMILES string of the molecule is O=[N+]([O-])c1ccccc1-c1cccc2ccsc12.c1ccc(P(c2ccccc2)c2ccccc2)cc1.c1ccc2c(c1)[nH]c1ccc3ccsc3c12. The van der Waals surface area contributed by atoms with Crippen LogP contribution in [0.25, 0.3) is 53.1 Å². The van der Waals surface area contributed by atoms with Crippen LogP contribution < -0.4 is 15.9 Å². The van der Waals surface area contributed by atoms with Crippen molar-refractivity contribution in [2.75, 3.05) is 0 Å². The molecule has 3 heterocycles. The van der Waals surface area contributed by atoms with E-state index in [1.165, 1.54) is 47.8 Å². The summed E-state index contributed by atoms with van der Waals surface area (Å²) in [6.07, 6.45) is 0. The number of nitro groups is 1. The zero-order valence-electron chi connectivity index (χ0n) is 28.5. The minimum absolute atomic E-state index is 0.151. The first-order valence-electron chi connectivity index (χ1n) is 17.2. The molecule has 0 amide bonds. The van der Waals surface area contributed by atoms with Gasteiger partial charge in [-0.2, -0.15) is 0 Å². The molecular formula is C46H33N2O2PS2. The molecule has 7 heteroatoms. The summed E-state index contributed by atoms with van der Waals surface area (Å²) in [5.74, 6) is 0. The number of nitro benzene ring substituents is 1. The Morgan fingerprint density at radius 3 is 1.64 bits per heavy atom. The Kier molecular flexibility index (Phi) is 10.2. The van der Waals surface area contributed by atoms with Crippen LogP contribution in [0.4, 0.5) is 5.69 Å². The Labute approximate surface area is 316 Å². The summed E-state index contributed by atoms with van der Waals surface area (Å²) in [5, 5.41) is 24.6. The minimum Gasteiger partial charge on any atom is -0.354 e. The van der Waals surface area contributed by atoms with Crippen molar-refractivity contribution in [1.82, 2.24) is 4.98 Å². The summed E-state index contributed by atoms with van der Waals surface area (Å²) in [6.45, 7) is 0. The number of hydrogen-bond acceptors (Lipinski definition) is 4. The van der Waals surface area contributed by atoms with Crippen molar-refractivity contribution in [2.24, 2.45) is 0 Å². The lowest BCUT2D eigenvalue weighted by molar-refractivity contribution is -0.384. The molecule has 10 aromatic rings. The van der Waals surface area contributed by atoms with Crippen LogP contribution >= 0.6 is 30.6 Å². The number of rotatable bonds is 5. The van der Waals surface area contributed by atoms with Crippen molar-refractivity contribution >= 4 is 94.2 Å². The predicted octanol–water partition coefficient (Wildman–Crippen LogP) is 12.5. The highest BCUT2D eigenvalue weighted by molar-refractivity contribution is 7.79. The second kappa shape index (κ2) is 15.8. The van der Waals surface area contributed by atoms with Gasteiger partial charge in [0.05, 0.1) is 10.5 Å². The standard InChI is InChI=1S/C18H15P.C14H9NO2S.C14H9NS/c1-4-10-16(11-5-1)19(17-12-6-2-7-13-17)18-14-8-3-9-15-18;16-15(17)13-7-2-1-5-11(13)12-6-3-4-10-8-9-18-14(10)12;1-2-4-11-10(3-1)13-12(15-11)6-5-9-7-8-16-14(9)13/h1-15H;1-9H;1-8,15H. The quantitative estimate of drug-likeness (QED) is 0.108. The molecule has 0 saturated carbocycles. The first-order valence-corrected chi connectivity index (χ1v) is 20.3. The number of nitrogens with one attached hydrogen (secondary N) is 1. The third-order valence-corrected chi connectivity index (χ3v) is 13.4. The molecule has 0 aliphatic carbocycles. The first kappa shape index (κ1) is 34.2. The number of nitrogens with zero attached hydrogens (tertiary/aromatic N) is 1. The van der Waals surface area contributed by atoms with E-state index in [-0.39, 0.29) is 10.6 Å². The van der Waals surface area contributed by atoms with Gasteiger partial charge in [0.2, 0.25) is 0 Å². The summed E-state index contributed by atoms with van der Waals surface area (Å²) >= 11 is 3.42. The van der Waals surface area contributed by atoms with E-state index in [0.717, 1.165) is 15.6 Å². The molecule has 3 aromatic heterocycles. The molecule has 256 valence electrons. The van der Waals surface area contributed by atoms with E-state index in [2.05, 4.69) is 144 Å². The number of fused-ring (bicyclic) bond motifs is 6. The highest BCUT2D eigenvalue weighted by atomic mass is 32.1. The number of aromatic amines is 1. The fourth-order valence-electron chi connectivity index (χ4n) is 6.60. The van der Waals surface area contributed by atoms with Gasteiger partial charge in [-0.3, -0.25) is 10.1 Å². The predicted molar refractivity (Wildman–Crippen MR) is 230 cm³/mol. The van der Waals surface area contributed by atoms with Crippen LogP contribution in [0.5, 0.6) is 0 Å². The van der Waals surface area contributed by atoms with Gasteiger partial charge >= 0.3 is 0 Å². The molecule has 10 rings (SSSR count). The Morgan fingerprint density at radius 2 is 1.00 bits per heavy atom. The number of para-hydroxylation sites is 2. The Balaban J connectivity index is 0.000000114. The van der Waals surface area contributed by atoms with Crippen molar-refractivity contribution in [2.45, 2.75) is 0 Å². The summed E-state index contributed by atoms with van der Waals surface area (Å²) in [7, 11) is -0.446. The smallest absolute Gasteiger partial charge is 0.277 e. The van der Waals surface area contributed by atoms with Gasteiger partial charge in [0.25, 0.3) is 5.69 Å². The monoisotopic (exact) mass is 740 g/mol. The van der Waals surface area contributed by atoms with Crippen molar-refractivity contribution in [1.29, 1.82) is 0 Å². The summed E-state index contributed by atoms with van der Waals surface area (Å²) in [4.78, 5) is 14.2. The normalized spacial score (nSPS) is 11.0. The van der Waals surface area contributed by atoms with Crippen LogP contribution in [0.2, 0.25) is 0 Å². The van der Waals surface area contributed by atoms with Crippen molar-refractivity contribution < 1.29 is 4.92 Å². The van der Waals surface area contributed by atoms with E-state index in [9.17, 15) is 10.1 Å². The van der Waals surface area contributed by atoms with Gasteiger partial charge in [-0.15, -0.1) is 22.7 Å². The second-order valence-electron chi connectivity index (χ2n) is 12.3. The molecule has 0 radical (unpaired) electrons. The van der Waals surface area contributed by atoms with Crippen molar-refractivity contribution in [3.05, 3.63) is 203 Å². The van der Waals surface area contributed by atoms with E-state index in [4.69, 9.17) is 0 Å². The summed E-state index contributed by atoms with van der Waals surface area (Å²) in [6, 6.07) is 62.1. The lowest BCUT2D eigenvalue weighted by Crippen LogP contribution is -2.20. The molecule has 0 aliphatic heterocycles. The van der Waals surface area contributed by atoms with Crippen LogP contribution in [0.15, 0.2) is 193 Å². The van der Waals surface area contributed by atoms with E-state index in [1.807, 2.05) is 47.0 Å².